The summed E-state index contributed by atoms with van der Waals surface area (Å²) in [6.07, 6.45) is 1.30. The van der Waals surface area contributed by atoms with Crippen molar-refractivity contribution in [2.24, 2.45) is 7.05 Å². The van der Waals surface area contributed by atoms with Gasteiger partial charge in [-0.25, -0.2) is 26.9 Å². The molecular weight excluding hydrogens is 457 g/mol. The number of rotatable bonds is 2. The molecule has 1 amide bonds. The van der Waals surface area contributed by atoms with Crippen LogP contribution in [0.25, 0.3) is 16.9 Å². The van der Waals surface area contributed by atoms with Crippen LogP contribution < -0.4 is 0 Å². The Morgan fingerprint density at radius 3 is 2.41 bits per heavy atom. The maximum atomic E-state index is 14.2. The summed E-state index contributed by atoms with van der Waals surface area (Å²) in [6.45, 7) is 3.48. The highest BCUT2D eigenvalue weighted by molar-refractivity contribution is 5.95. The van der Waals surface area contributed by atoms with Gasteiger partial charge in [-0.2, -0.15) is 5.10 Å². The zero-order chi connectivity index (χ0) is 24.5. The molecule has 1 atom stereocenters. The smallest absolute Gasteiger partial charge is 0.273 e. The molecule has 1 aromatic carbocycles. The third-order valence-electron chi connectivity index (χ3n) is 6.18. The van der Waals surface area contributed by atoms with E-state index in [1.54, 1.807) is 14.0 Å². The summed E-state index contributed by atoms with van der Waals surface area (Å²) in [7, 11) is 1.59. The summed E-state index contributed by atoms with van der Waals surface area (Å²) in [5.41, 5.74) is 1.84. The molecule has 11 heteroatoms. The van der Waals surface area contributed by atoms with E-state index >= 15 is 0 Å². The summed E-state index contributed by atoms with van der Waals surface area (Å²) >= 11 is 0. The molecule has 0 N–H and O–H groups in total. The predicted octanol–water partition coefficient (Wildman–Crippen LogP) is 4.50. The van der Waals surface area contributed by atoms with Crippen LogP contribution in [0.1, 0.15) is 40.4 Å². The number of halogens is 5. The Bertz CT molecular complexity index is 1470. The SMILES string of the molecule is Cc1nc2c(F)cc(F)cn2c1C(=O)N1CCc2c(nn(C)c2-c2cc(F)c(F)c(F)c2)[C@@H]1C. The van der Waals surface area contributed by atoms with Crippen molar-refractivity contribution in [1.29, 1.82) is 0 Å². The molecule has 1 aliphatic heterocycles. The van der Waals surface area contributed by atoms with Gasteiger partial charge in [0.1, 0.15) is 11.5 Å². The molecule has 0 spiro atoms. The molecule has 0 bridgehead atoms. The Balaban J connectivity index is 1.56. The molecule has 0 saturated carbocycles. The quantitative estimate of drug-likeness (QED) is 0.317. The Hall–Kier alpha value is -3.76. The van der Waals surface area contributed by atoms with Crippen LogP contribution in [0.2, 0.25) is 0 Å². The van der Waals surface area contributed by atoms with Crippen LogP contribution >= 0.6 is 0 Å². The molecule has 5 rings (SSSR count). The van der Waals surface area contributed by atoms with E-state index < -0.39 is 41.0 Å². The number of imidazole rings is 1. The molecule has 0 aliphatic carbocycles. The average Bonchev–Trinajstić information content (AvgIpc) is 3.28. The lowest BCUT2D eigenvalue weighted by Gasteiger charge is -2.33. The fourth-order valence-electron chi connectivity index (χ4n) is 4.66. The summed E-state index contributed by atoms with van der Waals surface area (Å²) in [5.74, 6) is -6.40. The van der Waals surface area contributed by atoms with Gasteiger partial charge in [0.15, 0.2) is 28.9 Å². The molecule has 4 aromatic rings. The molecular formula is C23H18F5N5O. The van der Waals surface area contributed by atoms with Gasteiger partial charge in [-0.1, -0.05) is 0 Å². The standard InChI is InChI=1S/C23H18F5N5O/c1-10-20(33-9-13(24)8-17(27)22(33)29-10)23(34)32-5-4-14-19(11(32)2)30-31(3)21(14)12-6-15(25)18(28)16(26)7-12/h6-9,11H,4-5H2,1-3H3/t11-/m0/s1. The van der Waals surface area contributed by atoms with Crippen LogP contribution in [-0.2, 0) is 13.5 Å². The number of amides is 1. The Labute approximate surface area is 190 Å². The van der Waals surface area contributed by atoms with Gasteiger partial charge in [0.2, 0.25) is 0 Å². The number of nitrogens with zero attached hydrogens (tertiary/aromatic N) is 5. The number of benzene rings is 1. The molecule has 3 aromatic heterocycles. The van der Waals surface area contributed by atoms with Gasteiger partial charge < -0.3 is 4.90 Å². The Morgan fingerprint density at radius 2 is 1.74 bits per heavy atom. The molecule has 0 fully saturated rings. The van der Waals surface area contributed by atoms with Crippen LogP contribution in [0.4, 0.5) is 22.0 Å². The number of carbonyl (C=O) groups excluding carboxylic acids is 1. The molecule has 6 nitrogen and oxygen atoms in total. The van der Waals surface area contributed by atoms with Gasteiger partial charge in [0, 0.05) is 37.0 Å². The zero-order valence-electron chi connectivity index (χ0n) is 18.3. The van der Waals surface area contributed by atoms with Crippen LogP contribution in [0, 0.1) is 36.0 Å². The first-order valence-electron chi connectivity index (χ1n) is 10.4. The second kappa shape index (κ2) is 7.64. The van der Waals surface area contributed by atoms with E-state index in [4.69, 9.17) is 0 Å². The third-order valence-corrected chi connectivity index (χ3v) is 6.18. The minimum atomic E-state index is -1.55. The van der Waals surface area contributed by atoms with Crippen molar-refractivity contribution in [2.45, 2.75) is 26.3 Å². The summed E-state index contributed by atoms with van der Waals surface area (Å²) in [4.78, 5) is 19.0. The van der Waals surface area contributed by atoms with Gasteiger partial charge in [-0.05, 0) is 32.4 Å². The first-order chi connectivity index (χ1) is 16.1. The lowest BCUT2D eigenvalue weighted by atomic mass is 9.95. The van der Waals surface area contributed by atoms with Crippen LogP contribution in [0.5, 0.6) is 0 Å². The molecule has 1 aliphatic rings. The van der Waals surface area contributed by atoms with Crippen molar-refractivity contribution in [3.8, 4) is 11.3 Å². The minimum absolute atomic E-state index is 0.0301. The first kappa shape index (κ1) is 22.1. The van der Waals surface area contributed by atoms with Crippen molar-refractivity contribution >= 4 is 11.6 Å². The van der Waals surface area contributed by atoms with E-state index in [1.807, 2.05) is 0 Å². The predicted molar refractivity (Wildman–Crippen MR) is 112 cm³/mol. The largest absolute Gasteiger partial charge is 0.329 e. The van der Waals surface area contributed by atoms with E-state index in [2.05, 4.69) is 10.1 Å². The fourth-order valence-corrected chi connectivity index (χ4v) is 4.66. The molecule has 4 heterocycles. The van der Waals surface area contributed by atoms with Crippen molar-refractivity contribution in [3.05, 3.63) is 76.1 Å². The van der Waals surface area contributed by atoms with E-state index in [1.165, 1.54) is 16.5 Å². The van der Waals surface area contributed by atoms with Crippen LogP contribution in [-0.4, -0.2) is 36.5 Å². The maximum absolute atomic E-state index is 14.2. The normalized spacial score (nSPS) is 15.8. The maximum Gasteiger partial charge on any atom is 0.273 e. The number of carbonyl (C=O) groups is 1. The Morgan fingerprint density at radius 1 is 1.06 bits per heavy atom. The van der Waals surface area contributed by atoms with Crippen molar-refractivity contribution in [2.75, 3.05) is 6.54 Å². The second-order valence-electron chi connectivity index (χ2n) is 8.26. The monoisotopic (exact) mass is 475 g/mol. The number of pyridine rings is 1. The first-order valence-corrected chi connectivity index (χ1v) is 10.4. The molecule has 0 radical (unpaired) electrons. The van der Waals surface area contributed by atoms with E-state index in [0.29, 0.717) is 29.4 Å². The number of aromatic nitrogens is 4. The summed E-state index contributed by atoms with van der Waals surface area (Å²) in [5, 5.41) is 4.46. The highest BCUT2D eigenvalue weighted by Gasteiger charge is 2.35. The molecule has 34 heavy (non-hydrogen) atoms. The topological polar surface area (TPSA) is 55.4 Å². The minimum Gasteiger partial charge on any atom is -0.329 e. The van der Waals surface area contributed by atoms with E-state index in [9.17, 15) is 26.7 Å². The van der Waals surface area contributed by atoms with Crippen molar-refractivity contribution in [1.82, 2.24) is 24.1 Å². The lowest BCUT2D eigenvalue weighted by molar-refractivity contribution is 0.0665. The Kier molecular flexibility index (Phi) is 4.96. The van der Waals surface area contributed by atoms with E-state index in [-0.39, 0.29) is 29.1 Å². The van der Waals surface area contributed by atoms with Crippen LogP contribution in [0.15, 0.2) is 24.4 Å². The van der Waals surface area contributed by atoms with Gasteiger partial charge in [0.25, 0.3) is 5.91 Å². The lowest BCUT2D eigenvalue weighted by Crippen LogP contribution is -2.39. The molecule has 0 saturated heterocycles. The number of hydrogen-bond donors (Lipinski definition) is 0. The average molecular weight is 475 g/mol. The fraction of sp³-hybridized carbons (Fsp3) is 0.261. The highest BCUT2D eigenvalue weighted by atomic mass is 19.2. The molecule has 176 valence electrons. The second-order valence-corrected chi connectivity index (χ2v) is 8.26. The van der Waals surface area contributed by atoms with Crippen LogP contribution in [0.3, 0.4) is 0 Å². The third kappa shape index (κ3) is 3.17. The van der Waals surface area contributed by atoms with Gasteiger partial charge in [-0.3, -0.25) is 13.9 Å². The van der Waals surface area contributed by atoms with E-state index in [0.717, 1.165) is 22.7 Å². The zero-order valence-corrected chi connectivity index (χ0v) is 18.3. The van der Waals surface area contributed by atoms with Crippen molar-refractivity contribution < 1.29 is 26.7 Å². The summed E-state index contributed by atoms with van der Waals surface area (Å²) < 4.78 is 71.7. The number of aryl methyl sites for hydroxylation is 2. The van der Waals surface area contributed by atoms with Gasteiger partial charge in [-0.15, -0.1) is 0 Å². The number of fused-ring (bicyclic) bond motifs is 2. The summed E-state index contributed by atoms with van der Waals surface area (Å²) in [6, 6.07) is 1.95. The van der Waals surface area contributed by atoms with Gasteiger partial charge in [0.05, 0.1) is 23.1 Å². The van der Waals surface area contributed by atoms with Crippen molar-refractivity contribution in [3.63, 3.8) is 0 Å². The number of hydrogen-bond acceptors (Lipinski definition) is 3. The highest BCUT2D eigenvalue weighted by Crippen LogP contribution is 2.37. The van der Waals surface area contributed by atoms with Gasteiger partial charge >= 0.3 is 0 Å². The molecule has 0 unspecified atom stereocenters.